The molecule has 7 heteroatoms. The number of nitrogens with one attached hydrogen (secondary N) is 2. The fraction of sp³-hybridized carbons (Fsp3) is 0.176. The minimum Gasteiger partial charge on any atom is -0.494 e. The average Bonchev–Trinajstić information content (AvgIpc) is 3.52. The Morgan fingerprint density at radius 1 is 0.878 bits per heavy atom. The lowest BCUT2D eigenvalue weighted by atomic mass is 9.98. The van der Waals surface area contributed by atoms with Crippen molar-refractivity contribution in [1.82, 2.24) is 10.3 Å². The van der Waals surface area contributed by atoms with Gasteiger partial charge < -0.3 is 24.9 Å². The maximum absolute atomic E-state index is 13.0. The van der Waals surface area contributed by atoms with Gasteiger partial charge in [-0.2, -0.15) is 0 Å². The van der Waals surface area contributed by atoms with Gasteiger partial charge >= 0.3 is 12.1 Å². The molecule has 41 heavy (non-hydrogen) atoms. The predicted molar refractivity (Wildman–Crippen MR) is 158 cm³/mol. The number of carboxylic acid groups (broad SMARTS) is 1. The topological polar surface area (TPSA) is 101 Å². The Labute approximate surface area is 237 Å². The first-order valence-corrected chi connectivity index (χ1v) is 13.7. The summed E-state index contributed by atoms with van der Waals surface area (Å²) in [6.07, 6.45) is -0.687. The number of aromatic nitrogens is 1. The molecule has 7 nitrogen and oxygen atoms in total. The van der Waals surface area contributed by atoms with E-state index in [0.29, 0.717) is 6.61 Å². The summed E-state index contributed by atoms with van der Waals surface area (Å²) in [5.74, 6) is -0.494. The Kier molecular flexibility index (Phi) is 7.17. The highest BCUT2D eigenvalue weighted by Gasteiger charge is 2.30. The summed E-state index contributed by atoms with van der Waals surface area (Å²) in [4.78, 5) is 28.8. The van der Waals surface area contributed by atoms with Gasteiger partial charge in [-0.1, -0.05) is 66.7 Å². The molecule has 0 saturated carbocycles. The maximum Gasteiger partial charge on any atom is 0.407 e. The molecule has 0 fully saturated rings. The fourth-order valence-electron chi connectivity index (χ4n) is 5.73. The lowest BCUT2D eigenvalue weighted by molar-refractivity contribution is -0.139. The molecule has 0 unspecified atom stereocenters. The fourth-order valence-corrected chi connectivity index (χ4v) is 5.73. The van der Waals surface area contributed by atoms with Crippen LogP contribution in [-0.4, -0.2) is 41.4 Å². The largest absolute Gasteiger partial charge is 0.494 e. The van der Waals surface area contributed by atoms with Gasteiger partial charge in [0.2, 0.25) is 0 Å². The molecule has 3 N–H and O–H groups in total. The molecule has 1 amide bonds. The second-order valence-corrected chi connectivity index (χ2v) is 10.0. The molecule has 1 heterocycles. The lowest BCUT2D eigenvalue weighted by Gasteiger charge is -2.18. The first-order valence-electron chi connectivity index (χ1n) is 13.7. The van der Waals surface area contributed by atoms with Gasteiger partial charge in [0.15, 0.2) is 0 Å². The number of carbonyl (C=O) groups is 2. The van der Waals surface area contributed by atoms with Crippen molar-refractivity contribution in [3.05, 3.63) is 114 Å². The second kappa shape index (κ2) is 11.2. The zero-order valence-electron chi connectivity index (χ0n) is 22.6. The molecule has 0 spiro atoms. The number of carboxylic acids is 1. The summed E-state index contributed by atoms with van der Waals surface area (Å²) in [5, 5.41) is 13.6. The van der Waals surface area contributed by atoms with E-state index in [2.05, 4.69) is 22.4 Å². The first-order chi connectivity index (χ1) is 20.0. The molecule has 1 aliphatic rings. The summed E-state index contributed by atoms with van der Waals surface area (Å²) < 4.78 is 11.2. The Bertz CT molecular complexity index is 1680. The molecule has 1 aliphatic carbocycles. The molecule has 1 atom stereocenters. The lowest BCUT2D eigenvalue weighted by Crippen LogP contribution is -2.43. The molecule has 4 aromatic carbocycles. The molecular formula is C34H30N2O5. The Morgan fingerprint density at radius 3 is 2.17 bits per heavy atom. The molecule has 0 saturated heterocycles. The predicted octanol–water partition coefficient (Wildman–Crippen LogP) is 6.77. The van der Waals surface area contributed by atoms with Gasteiger partial charge in [0.1, 0.15) is 18.4 Å². The standard InChI is InChI=1S/C34H30N2O5/c1-2-40-22-17-15-21(16-18-22)32-28(27-13-7-8-14-30(27)35-32)19-31(33(37)38)36-34(39)41-20-29-25-11-5-3-9-23(25)24-10-4-6-12-26(24)29/h3-18,29,31,35H,2,19-20H2,1H3,(H,36,39)(H,37,38)/t31-/m0/s1. The number of alkyl carbamates (subject to hydrolysis) is 1. The van der Waals surface area contributed by atoms with E-state index in [4.69, 9.17) is 9.47 Å². The zero-order chi connectivity index (χ0) is 28.3. The van der Waals surface area contributed by atoms with Crippen molar-refractivity contribution < 1.29 is 24.2 Å². The molecule has 0 radical (unpaired) electrons. The van der Waals surface area contributed by atoms with Crippen molar-refractivity contribution in [2.75, 3.05) is 13.2 Å². The van der Waals surface area contributed by atoms with Crippen LogP contribution >= 0.6 is 0 Å². The quantitative estimate of drug-likeness (QED) is 0.189. The van der Waals surface area contributed by atoms with Crippen LogP contribution in [-0.2, 0) is 16.0 Å². The minimum absolute atomic E-state index is 0.0755. The van der Waals surface area contributed by atoms with Crippen LogP contribution in [0.2, 0.25) is 0 Å². The third kappa shape index (κ3) is 5.14. The third-order valence-electron chi connectivity index (χ3n) is 7.61. The number of ether oxygens (including phenoxy) is 2. The van der Waals surface area contributed by atoms with Gasteiger partial charge in [0.25, 0.3) is 0 Å². The van der Waals surface area contributed by atoms with Gasteiger partial charge in [-0.3, -0.25) is 0 Å². The number of aromatic amines is 1. The second-order valence-electron chi connectivity index (χ2n) is 10.0. The number of aliphatic carboxylic acids is 1. The molecule has 6 rings (SSSR count). The smallest absolute Gasteiger partial charge is 0.407 e. The summed E-state index contributed by atoms with van der Waals surface area (Å²) in [6.45, 7) is 2.61. The average molecular weight is 547 g/mol. The van der Waals surface area contributed by atoms with Crippen LogP contribution in [0.15, 0.2) is 97.1 Å². The van der Waals surface area contributed by atoms with Crippen LogP contribution in [0.1, 0.15) is 29.5 Å². The SMILES string of the molecule is CCOc1ccc(-c2[nH]c3ccccc3c2C[C@H](NC(=O)OCC2c3ccccc3-c3ccccc32)C(=O)O)cc1. The molecule has 5 aromatic rings. The van der Waals surface area contributed by atoms with E-state index < -0.39 is 18.1 Å². The van der Waals surface area contributed by atoms with Gasteiger partial charge in [0.05, 0.1) is 6.61 Å². The number of hydrogen-bond acceptors (Lipinski definition) is 4. The minimum atomic E-state index is -1.19. The van der Waals surface area contributed by atoms with Gasteiger partial charge in [-0.15, -0.1) is 0 Å². The number of carbonyl (C=O) groups excluding carboxylic acids is 1. The summed E-state index contributed by atoms with van der Waals surface area (Å²) in [7, 11) is 0. The van der Waals surface area contributed by atoms with E-state index in [9.17, 15) is 14.7 Å². The van der Waals surface area contributed by atoms with Gasteiger partial charge in [-0.25, -0.2) is 9.59 Å². The van der Waals surface area contributed by atoms with E-state index >= 15 is 0 Å². The van der Waals surface area contributed by atoms with Crippen LogP contribution in [0.25, 0.3) is 33.3 Å². The summed E-state index contributed by atoms with van der Waals surface area (Å²) >= 11 is 0. The van der Waals surface area contributed by atoms with Crippen molar-refractivity contribution in [2.24, 2.45) is 0 Å². The number of amides is 1. The Balaban J connectivity index is 1.22. The number of benzene rings is 4. The van der Waals surface area contributed by atoms with Crippen molar-refractivity contribution in [3.63, 3.8) is 0 Å². The van der Waals surface area contributed by atoms with E-state index in [1.807, 2.05) is 91.9 Å². The number of H-pyrrole nitrogens is 1. The van der Waals surface area contributed by atoms with Crippen molar-refractivity contribution >= 4 is 23.0 Å². The highest BCUT2D eigenvalue weighted by atomic mass is 16.5. The molecule has 0 aliphatic heterocycles. The van der Waals surface area contributed by atoms with Crippen LogP contribution < -0.4 is 10.1 Å². The monoisotopic (exact) mass is 546 g/mol. The number of rotatable bonds is 9. The number of fused-ring (bicyclic) bond motifs is 4. The molecular weight excluding hydrogens is 516 g/mol. The van der Waals surface area contributed by atoms with Crippen LogP contribution in [0, 0.1) is 0 Å². The van der Waals surface area contributed by atoms with Crippen molar-refractivity contribution in [3.8, 4) is 28.1 Å². The van der Waals surface area contributed by atoms with Gasteiger partial charge in [-0.05, 0) is 70.6 Å². The summed E-state index contributed by atoms with van der Waals surface area (Å²) in [6, 6.07) is 30.4. The van der Waals surface area contributed by atoms with Gasteiger partial charge in [0, 0.05) is 28.9 Å². The molecule has 1 aromatic heterocycles. The highest BCUT2D eigenvalue weighted by molar-refractivity contribution is 5.92. The van der Waals surface area contributed by atoms with E-state index in [0.717, 1.165) is 55.7 Å². The highest BCUT2D eigenvalue weighted by Crippen LogP contribution is 2.44. The first kappa shape index (κ1) is 26.2. The summed E-state index contributed by atoms with van der Waals surface area (Å²) in [5.41, 5.74) is 7.82. The maximum atomic E-state index is 13.0. The van der Waals surface area contributed by atoms with Crippen LogP contribution in [0.4, 0.5) is 4.79 Å². The Hall–Kier alpha value is -5.04. The normalized spacial score (nSPS) is 12.9. The third-order valence-corrected chi connectivity index (χ3v) is 7.61. The van der Waals surface area contributed by atoms with Crippen molar-refractivity contribution in [1.29, 1.82) is 0 Å². The number of hydrogen-bond donors (Lipinski definition) is 3. The van der Waals surface area contributed by atoms with Crippen LogP contribution in [0.5, 0.6) is 5.75 Å². The number of para-hydroxylation sites is 1. The molecule has 0 bridgehead atoms. The van der Waals surface area contributed by atoms with Crippen LogP contribution in [0.3, 0.4) is 0 Å². The van der Waals surface area contributed by atoms with E-state index in [1.165, 1.54) is 0 Å². The van der Waals surface area contributed by atoms with E-state index in [-0.39, 0.29) is 18.9 Å². The molecule has 206 valence electrons. The zero-order valence-corrected chi connectivity index (χ0v) is 22.6. The van der Waals surface area contributed by atoms with Crippen molar-refractivity contribution in [2.45, 2.75) is 25.3 Å². The Morgan fingerprint density at radius 2 is 1.51 bits per heavy atom. The van der Waals surface area contributed by atoms with E-state index in [1.54, 1.807) is 0 Å².